The van der Waals surface area contributed by atoms with Gasteiger partial charge in [0, 0.05) is 49.4 Å². The molecule has 11 nitrogen and oxygen atoms in total. The molecule has 202 valence electrons. The second kappa shape index (κ2) is 11.1. The third kappa shape index (κ3) is 5.66. The van der Waals surface area contributed by atoms with Crippen LogP contribution in [0.1, 0.15) is 39.5 Å². The van der Waals surface area contributed by atoms with Crippen molar-refractivity contribution in [2.24, 2.45) is 0 Å². The number of hydrogen-bond donors (Lipinski definition) is 2. The molecule has 3 heterocycles. The van der Waals surface area contributed by atoms with Crippen molar-refractivity contribution < 1.29 is 23.6 Å². The van der Waals surface area contributed by atoms with Crippen molar-refractivity contribution in [1.82, 2.24) is 20.0 Å². The van der Waals surface area contributed by atoms with Crippen molar-refractivity contribution in [3.63, 3.8) is 0 Å². The van der Waals surface area contributed by atoms with Crippen LogP contribution in [0.4, 0.5) is 11.4 Å². The van der Waals surface area contributed by atoms with Crippen LogP contribution in [0.5, 0.6) is 0 Å². The number of nitrogens with one attached hydrogen (secondary N) is 2. The lowest BCUT2D eigenvalue weighted by atomic mass is 10.1. The Morgan fingerprint density at radius 1 is 0.692 bits per heavy atom. The molecular weight excluding hydrogens is 500 g/mol. The minimum atomic E-state index is -0.446. The van der Waals surface area contributed by atoms with Gasteiger partial charge in [0.05, 0.1) is 0 Å². The van der Waals surface area contributed by atoms with Gasteiger partial charge < -0.3 is 24.9 Å². The maximum absolute atomic E-state index is 12.7. The molecule has 2 saturated heterocycles. The molecule has 4 amide bonds. The third-order valence-corrected chi connectivity index (χ3v) is 7.14. The van der Waals surface area contributed by atoms with E-state index in [2.05, 4.69) is 20.8 Å². The van der Waals surface area contributed by atoms with Crippen LogP contribution in [-0.4, -0.2) is 68.8 Å². The van der Waals surface area contributed by atoms with Crippen molar-refractivity contribution in [2.75, 3.05) is 23.7 Å². The fourth-order valence-electron chi connectivity index (χ4n) is 5.13. The molecule has 5 rings (SSSR count). The smallest absolute Gasteiger partial charge is 0.248 e. The third-order valence-electron chi connectivity index (χ3n) is 7.14. The summed E-state index contributed by atoms with van der Waals surface area (Å²) in [6.45, 7) is 4.16. The summed E-state index contributed by atoms with van der Waals surface area (Å²) in [5.41, 5.74) is 2.60. The van der Waals surface area contributed by atoms with Crippen LogP contribution in [0, 0.1) is 0 Å². The van der Waals surface area contributed by atoms with Crippen LogP contribution in [0.3, 0.4) is 0 Å². The zero-order valence-electron chi connectivity index (χ0n) is 21.8. The highest BCUT2D eigenvalue weighted by Gasteiger charge is 2.33. The standard InChI is InChI=1S/C28H30N6O5/c1-17(35)33-15-3-5-23(33)25(37)29-21-11-7-19(8-12-21)27-31-32-28(39-27)20-9-13-22(14-10-20)30-26(38)24-6-4-16-34(24)18(2)36/h7-14,23-24H,3-6,15-16H2,1-2H3,(H,29,37)(H,30,38)/t23-,24-/m0/s1. The monoisotopic (exact) mass is 530 g/mol. The second-order valence-corrected chi connectivity index (χ2v) is 9.79. The van der Waals surface area contributed by atoms with Gasteiger partial charge in [-0.15, -0.1) is 10.2 Å². The molecule has 2 aliphatic rings. The van der Waals surface area contributed by atoms with Crippen LogP contribution >= 0.6 is 0 Å². The van der Waals surface area contributed by atoms with Crippen LogP contribution in [-0.2, 0) is 19.2 Å². The van der Waals surface area contributed by atoms with Crippen LogP contribution in [0.25, 0.3) is 22.9 Å². The number of likely N-dealkylation sites (tertiary alicyclic amines) is 2. The van der Waals surface area contributed by atoms with E-state index in [1.54, 1.807) is 58.3 Å². The summed E-state index contributed by atoms with van der Waals surface area (Å²) in [5, 5.41) is 14.0. The largest absolute Gasteiger partial charge is 0.416 e. The van der Waals surface area contributed by atoms with Gasteiger partial charge in [-0.2, -0.15) is 0 Å². The Kier molecular flexibility index (Phi) is 7.40. The second-order valence-electron chi connectivity index (χ2n) is 9.79. The number of carbonyl (C=O) groups is 4. The molecule has 0 radical (unpaired) electrons. The molecule has 3 aromatic rings. The van der Waals surface area contributed by atoms with Gasteiger partial charge in [-0.3, -0.25) is 19.2 Å². The highest BCUT2D eigenvalue weighted by molar-refractivity contribution is 5.98. The topological polar surface area (TPSA) is 138 Å². The van der Waals surface area contributed by atoms with Crippen molar-refractivity contribution >= 4 is 35.0 Å². The van der Waals surface area contributed by atoms with Gasteiger partial charge in [0.25, 0.3) is 0 Å². The molecule has 1 aromatic heterocycles. The van der Waals surface area contributed by atoms with Gasteiger partial charge in [-0.05, 0) is 74.2 Å². The Morgan fingerprint density at radius 2 is 1.08 bits per heavy atom. The highest BCUT2D eigenvalue weighted by atomic mass is 16.4. The molecule has 0 aliphatic carbocycles. The number of carbonyl (C=O) groups excluding carboxylic acids is 4. The lowest BCUT2D eigenvalue weighted by Gasteiger charge is -2.22. The van der Waals surface area contributed by atoms with E-state index in [4.69, 9.17) is 4.42 Å². The SMILES string of the molecule is CC(=O)N1CCC[C@H]1C(=O)Nc1ccc(-c2nnc(-c3ccc(NC(=O)[C@@H]4CCCN4C(C)=O)cc3)o2)cc1. The first-order chi connectivity index (χ1) is 18.8. The van der Waals surface area contributed by atoms with Crippen molar-refractivity contribution in [3.8, 4) is 22.9 Å². The minimum absolute atomic E-state index is 0.0975. The number of hydrogen-bond acceptors (Lipinski definition) is 7. The summed E-state index contributed by atoms with van der Waals surface area (Å²) >= 11 is 0. The summed E-state index contributed by atoms with van der Waals surface area (Å²) < 4.78 is 5.86. The predicted molar refractivity (Wildman–Crippen MR) is 143 cm³/mol. The first-order valence-electron chi connectivity index (χ1n) is 13.0. The first kappa shape index (κ1) is 26.1. The van der Waals surface area contributed by atoms with Gasteiger partial charge in [0.1, 0.15) is 12.1 Å². The van der Waals surface area contributed by atoms with E-state index in [1.807, 2.05) is 0 Å². The summed E-state index contributed by atoms with van der Waals surface area (Å²) in [6.07, 6.45) is 2.93. The Bertz CT molecular complexity index is 1280. The lowest BCUT2D eigenvalue weighted by molar-refractivity contribution is -0.134. The molecule has 2 aromatic carbocycles. The number of anilines is 2. The Hall–Kier alpha value is -4.54. The van der Waals surface area contributed by atoms with Crippen LogP contribution < -0.4 is 10.6 Å². The average Bonchev–Trinajstić information content (AvgIpc) is 3.70. The van der Waals surface area contributed by atoms with Gasteiger partial charge in [0.2, 0.25) is 35.4 Å². The molecule has 11 heteroatoms. The van der Waals surface area contributed by atoms with E-state index >= 15 is 0 Å². The van der Waals surface area contributed by atoms with Crippen LogP contribution in [0.15, 0.2) is 52.9 Å². The first-order valence-corrected chi connectivity index (χ1v) is 13.0. The lowest BCUT2D eigenvalue weighted by Crippen LogP contribution is -2.42. The minimum Gasteiger partial charge on any atom is -0.416 e. The van der Waals surface area contributed by atoms with Gasteiger partial charge in [-0.1, -0.05) is 0 Å². The number of aromatic nitrogens is 2. The fraction of sp³-hybridized carbons (Fsp3) is 0.357. The number of benzene rings is 2. The average molecular weight is 531 g/mol. The van der Waals surface area contributed by atoms with Crippen molar-refractivity contribution in [2.45, 2.75) is 51.6 Å². The molecule has 2 N–H and O–H groups in total. The Morgan fingerprint density at radius 3 is 1.44 bits per heavy atom. The molecule has 0 spiro atoms. The predicted octanol–water partition coefficient (Wildman–Crippen LogP) is 3.30. The molecule has 0 saturated carbocycles. The van der Waals surface area contributed by atoms with E-state index in [0.717, 1.165) is 12.8 Å². The molecule has 39 heavy (non-hydrogen) atoms. The van der Waals surface area contributed by atoms with Crippen LogP contribution in [0.2, 0.25) is 0 Å². The summed E-state index contributed by atoms with van der Waals surface area (Å²) in [7, 11) is 0. The molecular formula is C28H30N6O5. The van der Waals surface area contributed by atoms with E-state index in [9.17, 15) is 19.2 Å². The fourth-order valence-corrected chi connectivity index (χ4v) is 5.13. The zero-order valence-corrected chi connectivity index (χ0v) is 21.8. The van der Waals surface area contributed by atoms with Crippen molar-refractivity contribution in [1.29, 1.82) is 0 Å². The number of amides is 4. The number of nitrogens with zero attached hydrogens (tertiary/aromatic N) is 4. The van der Waals surface area contributed by atoms with Gasteiger partial charge in [-0.25, -0.2) is 0 Å². The molecule has 2 fully saturated rings. The van der Waals surface area contributed by atoms with E-state index in [1.165, 1.54) is 13.8 Å². The summed E-state index contributed by atoms with van der Waals surface area (Å²) in [5.74, 6) is 0.0530. The normalized spacial score (nSPS) is 18.7. The molecule has 0 bridgehead atoms. The molecule has 2 atom stereocenters. The summed E-state index contributed by atoms with van der Waals surface area (Å²) in [6, 6.07) is 13.2. The van der Waals surface area contributed by atoms with Gasteiger partial charge >= 0.3 is 0 Å². The Balaban J connectivity index is 1.20. The zero-order chi connectivity index (χ0) is 27.5. The van der Waals surface area contributed by atoms with E-state index in [-0.39, 0.29) is 23.6 Å². The molecule has 0 unspecified atom stereocenters. The van der Waals surface area contributed by atoms with E-state index in [0.29, 0.717) is 60.2 Å². The van der Waals surface area contributed by atoms with Gasteiger partial charge in [0.15, 0.2) is 0 Å². The molecule has 2 aliphatic heterocycles. The quantitative estimate of drug-likeness (QED) is 0.499. The maximum Gasteiger partial charge on any atom is 0.248 e. The highest BCUT2D eigenvalue weighted by Crippen LogP contribution is 2.27. The number of rotatable bonds is 6. The Labute approximate surface area is 225 Å². The summed E-state index contributed by atoms with van der Waals surface area (Å²) in [4.78, 5) is 52.0. The van der Waals surface area contributed by atoms with E-state index < -0.39 is 12.1 Å². The maximum atomic E-state index is 12.7. The van der Waals surface area contributed by atoms with Crippen molar-refractivity contribution in [3.05, 3.63) is 48.5 Å².